The van der Waals surface area contributed by atoms with Gasteiger partial charge in [-0.25, -0.2) is 13.1 Å². The fourth-order valence-electron chi connectivity index (χ4n) is 2.95. The molecule has 10 heteroatoms. The Balaban J connectivity index is 1.62. The van der Waals surface area contributed by atoms with E-state index in [4.69, 9.17) is 4.74 Å². The number of hydrogen-bond donors (Lipinski definition) is 2. The minimum absolute atomic E-state index is 0.0461. The maximum absolute atomic E-state index is 12.5. The van der Waals surface area contributed by atoms with E-state index in [1.165, 1.54) is 12.1 Å². The van der Waals surface area contributed by atoms with Gasteiger partial charge in [0.05, 0.1) is 29.4 Å². The number of anilines is 1. The fourth-order valence-corrected chi connectivity index (χ4v) is 4.06. The van der Waals surface area contributed by atoms with Gasteiger partial charge in [0, 0.05) is 31.5 Å². The number of carbonyl (C=O) groups is 1. The van der Waals surface area contributed by atoms with Crippen molar-refractivity contribution in [3.8, 4) is 0 Å². The Morgan fingerprint density at radius 1 is 1.38 bits per heavy atom. The highest BCUT2D eigenvalue weighted by Gasteiger charge is 2.21. The molecule has 1 atom stereocenters. The van der Waals surface area contributed by atoms with Crippen molar-refractivity contribution >= 4 is 21.6 Å². The van der Waals surface area contributed by atoms with Gasteiger partial charge in [0.2, 0.25) is 10.0 Å². The summed E-state index contributed by atoms with van der Waals surface area (Å²) in [6.45, 7) is 2.42. The number of sulfonamides is 1. The van der Waals surface area contributed by atoms with E-state index in [2.05, 4.69) is 15.1 Å². The van der Waals surface area contributed by atoms with Gasteiger partial charge in [-0.3, -0.25) is 9.48 Å². The smallest absolute Gasteiger partial charge is 0.255 e. The lowest BCUT2D eigenvalue weighted by molar-refractivity contribution is 0.102. The Hall–Kier alpha value is -2.27. The van der Waals surface area contributed by atoms with Gasteiger partial charge in [-0.05, 0) is 45.1 Å². The zero-order valence-corrected chi connectivity index (χ0v) is 17.5. The van der Waals surface area contributed by atoms with Crippen LogP contribution in [0.5, 0.6) is 0 Å². The van der Waals surface area contributed by atoms with E-state index in [-0.39, 0.29) is 23.1 Å². The van der Waals surface area contributed by atoms with Crippen LogP contribution in [0.1, 0.15) is 23.2 Å². The lowest BCUT2D eigenvalue weighted by Crippen LogP contribution is -2.32. The van der Waals surface area contributed by atoms with Crippen molar-refractivity contribution in [2.24, 2.45) is 0 Å². The van der Waals surface area contributed by atoms with Crippen LogP contribution >= 0.6 is 0 Å². The van der Waals surface area contributed by atoms with E-state index in [1.807, 2.05) is 19.0 Å². The summed E-state index contributed by atoms with van der Waals surface area (Å²) in [7, 11) is 0.231. The molecule has 1 amide bonds. The normalized spacial score (nSPS) is 17.0. The number of likely N-dealkylation sites (N-methyl/N-ethyl adjacent to an activating group) is 1. The van der Waals surface area contributed by atoms with E-state index in [0.29, 0.717) is 18.8 Å². The molecule has 9 nitrogen and oxygen atoms in total. The van der Waals surface area contributed by atoms with Crippen molar-refractivity contribution in [1.82, 2.24) is 19.4 Å². The van der Waals surface area contributed by atoms with Gasteiger partial charge >= 0.3 is 0 Å². The number of carbonyl (C=O) groups excluding carboxylic acids is 1. The summed E-state index contributed by atoms with van der Waals surface area (Å²) in [6.07, 6.45) is 4.99. The van der Waals surface area contributed by atoms with Crippen molar-refractivity contribution in [3.05, 3.63) is 42.2 Å². The molecule has 158 valence electrons. The minimum atomic E-state index is -3.72. The number of benzene rings is 1. The van der Waals surface area contributed by atoms with Crippen molar-refractivity contribution in [3.63, 3.8) is 0 Å². The van der Waals surface area contributed by atoms with E-state index in [0.717, 1.165) is 19.4 Å². The molecular formula is C19H27N5O4S. The third-order valence-corrected chi connectivity index (χ3v) is 6.02. The van der Waals surface area contributed by atoms with Crippen LogP contribution in [0.2, 0.25) is 0 Å². The quantitative estimate of drug-likeness (QED) is 0.629. The number of hydrogen-bond acceptors (Lipinski definition) is 6. The zero-order valence-electron chi connectivity index (χ0n) is 16.7. The highest BCUT2D eigenvalue weighted by molar-refractivity contribution is 7.89. The van der Waals surface area contributed by atoms with Crippen LogP contribution in [-0.4, -0.2) is 68.9 Å². The summed E-state index contributed by atoms with van der Waals surface area (Å²) < 4.78 is 34.8. The van der Waals surface area contributed by atoms with Crippen molar-refractivity contribution in [2.45, 2.75) is 30.4 Å². The summed E-state index contributed by atoms with van der Waals surface area (Å²) in [5.74, 6) is -0.395. The second-order valence-corrected chi connectivity index (χ2v) is 9.03. The number of amides is 1. The molecule has 1 aliphatic rings. The van der Waals surface area contributed by atoms with Crippen LogP contribution < -0.4 is 10.0 Å². The van der Waals surface area contributed by atoms with Crippen LogP contribution in [-0.2, 0) is 21.3 Å². The van der Waals surface area contributed by atoms with E-state index in [1.54, 1.807) is 29.2 Å². The minimum Gasteiger partial charge on any atom is -0.377 e. The highest BCUT2D eigenvalue weighted by Crippen LogP contribution is 2.16. The molecule has 1 unspecified atom stereocenters. The summed E-state index contributed by atoms with van der Waals surface area (Å²) in [6, 6.07) is 5.96. The molecule has 1 saturated heterocycles. The number of rotatable bonds is 9. The molecule has 0 bridgehead atoms. The lowest BCUT2D eigenvalue weighted by atomic mass is 10.2. The monoisotopic (exact) mass is 421 g/mol. The first-order chi connectivity index (χ1) is 13.8. The van der Waals surface area contributed by atoms with Gasteiger partial charge in [-0.15, -0.1) is 0 Å². The highest BCUT2D eigenvalue weighted by atomic mass is 32.2. The summed E-state index contributed by atoms with van der Waals surface area (Å²) in [4.78, 5) is 14.6. The number of nitrogens with zero attached hydrogens (tertiary/aromatic N) is 3. The average Bonchev–Trinajstić information content (AvgIpc) is 3.37. The third-order valence-electron chi connectivity index (χ3n) is 4.60. The lowest BCUT2D eigenvalue weighted by Gasteiger charge is -2.12. The second kappa shape index (κ2) is 9.49. The van der Waals surface area contributed by atoms with Gasteiger partial charge in [-0.2, -0.15) is 5.10 Å². The number of nitrogens with one attached hydrogen (secondary N) is 2. The van der Waals surface area contributed by atoms with Crippen molar-refractivity contribution < 1.29 is 17.9 Å². The number of aromatic nitrogens is 2. The Morgan fingerprint density at radius 3 is 2.93 bits per heavy atom. The van der Waals surface area contributed by atoms with Crippen molar-refractivity contribution in [1.29, 1.82) is 0 Å². The molecule has 1 aromatic carbocycles. The first kappa shape index (κ1) is 21.4. The van der Waals surface area contributed by atoms with Gasteiger partial charge in [0.25, 0.3) is 5.91 Å². The average molecular weight is 422 g/mol. The predicted octanol–water partition coefficient (Wildman–Crippen LogP) is 1.15. The molecule has 0 aliphatic carbocycles. The molecule has 3 rings (SSSR count). The Kier molecular flexibility index (Phi) is 7.01. The zero-order chi connectivity index (χ0) is 20.9. The Bertz CT molecular complexity index is 936. The molecule has 29 heavy (non-hydrogen) atoms. The standard InChI is InChI=1S/C19H27N5O4S/c1-23(2)8-9-24-14-16(12-20-24)22-19(25)15-5-3-7-18(11-15)29(26,27)21-13-17-6-4-10-28-17/h3,5,7,11-12,14,17,21H,4,6,8-10,13H2,1-2H3,(H,22,25). The summed E-state index contributed by atoms with van der Waals surface area (Å²) >= 11 is 0. The van der Waals surface area contributed by atoms with E-state index < -0.39 is 15.9 Å². The second-order valence-electron chi connectivity index (χ2n) is 7.26. The van der Waals surface area contributed by atoms with Gasteiger partial charge in [-0.1, -0.05) is 6.07 Å². The first-order valence-electron chi connectivity index (χ1n) is 9.53. The fraction of sp³-hybridized carbons (Fsp3) is 0.474. The SMILES string of the molecule is CN(C)CCn1cc(NC(=O)c2cccc(S(=O)(=O)NCC3CCCO3)c2)cn1. The molecule has 2 N–H and O–H groups in total. The summed E-state index contributed by atoms with van der Waals surface area (Å²) in [5, 5.41) is 6.96. The molecular weight excluding hydrogens is 394 g/mol. The predicted molar refractivity (Wildman–Crippen MR) is 109 cm³/mol. The molecule has 2 heterocycles. The van der Waals surface area contributed by atoms with Gasteiger partial charge in [0.15, 0.2) is 0 Å². The molecule has 0 saturated carbocycles. The maximum atomic E-state index is 12.5. The first-order valence-corrected chi connectivity index (χ1v) is 11.0. The number of ether oxygens (including phenoxy) is 1. The topological polar surface area (TPSA) is 106 Å². The molecule has 2 aromatic rings. The van der Waals surface area contributed by atoms with Gasteiger partial charge < -0.3 is 15.0 Å². The van der Waals surface area contributed by atoms with Gasteiger partial charge in [0.1, 0.15) is 0 Å². The van der Waals surface area contributed by atoms with E-state index in [9.17, 15) is 13.2 Å². The van der Waals surface area contributed by atoms with E-state index >= 15 is 0 Å². The molecule has 1 aromatic heterocycles. The van der Waals surface area contributed by atoms with Crippen molar-refractivity contribution in [2.75, 3.05) is 39.1 Å². The van der Waals surface area contributed by atoms with Crippen LogP contribution in [0.4, 0.5) is 5.69 Å². The molecule has 0 spiro atoms. The largest absolute Gasteiger partial charge is 0.377 e. The summed E-state index contributed by atoms with van der Waals surface area (Å²) in [5.41, 5.74) is 0.810. The van der Waals surface area contributed by atoms with Crippen LogP contribution in [0.25, 0.3) is 0 Å². The Morgan fingerprint density at radius 2 is 2.21 bits per heavy atom. The van der Waals surface area contributed by atoms with Crippen LogP contribution in [0.15, 0.2) is 41.6 Å². The molecule has 1 fully saturated rings. The maximum Gasteiger partial charge on any atom is 0.255 e. The third kappa shape index (κ3) is 6.10. The molecule has 1 aliphatic heterocycles. The van der Waals surface area contributed by atoms with Crippen LogP contribution in [0.3, 0.4) is 0 Å². The Labute approximate surface area is 171 Å². The molecule has 0 radical (unpaired) electrons. The van der Waals surface area contributed by atoms with Crippen LogP contribution in [0, 0.1) is 0 Å².